The second-order valence-corrected chi connectivity index (χ2v) is 6.23. The minimum Gasteiger partial charge on any atom is -0.360 e. The lowest BCUT2D eigenvalue weighted by Crippen LogP contribution is -3.14. The minimum atomic E-state index is -0.370. The first kappa shape index (κ1) is 16.6. The Bertz CT molecular complexity index is 761. The number of non-ortho nitro benzene ring substituents is 1. The smallest absolute Gasteiger partial charge is 0.269 e. The van der Waals surface area contributed by atoms with Gasteiger partial charge < -0.3 is 14.4 Å². The maximum absolute atomic E-state index is 10.7. The zero-order chi connectivity index (χ0) is 17.1. The SMILES string of the molecule is CCn1cnn(C[NH+]2CCN(c3ccc([N+](=O)[O-])cc3)CC2)c1=S. The average molecular weight is 349 g/mol. The molecule has 3 rings (SSSR count). The van der Waals surface area contributed by atoms with E-state index in [1.807, 2.05) is 21.4 Å². The molecule has 1 aliphatic heterocycles. The molecule has 9 heteroatoms. The number of hydrogen-bond acceptors (Lipinski definition) is 5. The Morgan fingerprint density at radius 3 is 2.50 bits per heavy atom. The molecule has 1 aromatic carbocycles. The van der Waals surface area contributed by atoms with Crippen LogP contribution in [-0.4, -0.2) is 45.4 Å². The molecule has 1 fully saturated rings. The van der Waals surface area contributed by atoms with E-state index < -0.39 is 0 Å². The Morgan fingerprint density at radius 1 is 1.29 bits per heavy atom. The van der Waals surface area contributed by atoms with Crippen LogP contribution in [0.2, 0.25) is 0 Å². The molecule has 0 unspecified atom stereocenters. The molecule has 1 N–H and O–H groups in total. The van der Waals surface area contributed by atoms with Gasteiger partial charge in [-0.2, -0.15) is 9.78 Å². The van der Waals surface area contributed by atoms with Crippen molar-refractivity contribution in [3.63, 3.8) is 0 Å². The van der Waals surface area contributed by atoms with E-state index >= 15 is 0 Å². The maximum Gasteiger partial charge on any atom is 0.269 e. The van der Waals surface area contributed by atoms with E-state index in [1.165, 1.54) is 4.90 Å². The van der Waals surface area contributed by atoms with Gasteiger partial charge in [0.25, 0.3) is 5.69 Å². The topological polar surface area (TPSA) is 73.6 Å². The average Bonchev–Trinajstić information content (AvgIpc) is 2.95. The number of aryl methyl sites for hydroxylation is 1. The third-order valence-electron chi connectivity index (χ3n) is 4.41. The fourth-order valence-corrected chi connectivity index (χ4v) is 3.22. The zero-order valence-corrected chi connectivity index (χ0v) is 14.4. The molecule has 1 aromatic heterocycles. The van der Waals surface area contributed by atoms with Crippen LogP contribution in [0.25, 0.3) is 0 Å². The molecule has 8 nitrogen and oxygen atoms in total. The summed E-state index contributed by atoms with van der Waals surface area (Å²) in [6.07, 6.45) is 1.79. The van der Waals surface area contributed by atoms with Gasteiger partial charge in [-0.25, -0.2) is 0 Å². The summed E-state index contributed by atoms with van der Waals surface area (Å²) in [5.74, 6) is 0. The standard InChI is InChI=1S/C15H20N6O2S/c1-2-18-11-16-20(15(18)24)12-17-7-9-19(10-8-17)13-3-5-14(6-4-13)21(22)23/h3-6,11H,2,7-10,12H2,1H3/p+1. The number of anilines is 1. The van der Waals surface area contributed by atoms with Crippen LogP contribution in [0.1, 0.15) is 6.92 Å². The van der Waals surface area contributed by atoms with Gasteiger partial charge in [-0.3, -0.25) is 10.1 Å². The van der Waals surface area contributed by atoms with Crippen LogP contribution in [0.4, 0.5) is 11.4 Å². The van der Waals surface area contributed by atoms with Gasteiger partial charge in [0.05, 0.1) is 31.1 Å². The third kappa shape index (κ3) is 3.46. The first-order chi connectivity index (χ1) is 11.6. The van der Waals surface area contributed by atoms with Crippen LogP contribution in [-0.2, 0) is 13.2 Å². The van der Waals surface area contributed by atoms with Crippen LogP contribution >= 0.6 is 12.2 Å². The fraction of sp³-hybridized carbons (Fsp3) is 0.467. The molecule has 0 radical (unpaired) electrons. The van der Waals surface area contributed by atoms with E-state index in [4.69, 9.17) is 12.2 Å². The number of aromatic nitrogens is 3. The molecular weight excluding hydrogens is 328 g/mol. The van der Waals surface area contributed by atoms with Gasteiger partial charge in [-0.15, -0.1) is 0 Å². The van der Waals surface area contributed by atoms with Crippen molar-refractivity contribution in [1.29, 1.82) is 0 Å². The van der Waals surface area contributed by atoms with Crippen LogP contribution in [0, 0.1) is 14.9 Å². The van der Waals surface area contributed by atoms with Crippen LogP contribution < -0.4 is 9.80 Å². The zero-order valence-electron chi connectivity index (χ0n) is 13.6. The highest BCUT2D eigenvalue weighted by Gasteiger charge is 2.21. The van der Waals surface area contributed by atoms with Crippen LogP contribution in [0.5, 0.6) is 0 Å². The first-order valence-corrected chi connectivity index (χ1v) is 8.44. The lowest BCUT2D eigenvalue weighted by Gasteiger charge is -2.33. The molecule has 0 bridgehead atoms. The molecule has 0 aliphatic carbocycles. The lowest BCUT2D eigenvalue weighted by molar-refractivity contribution is -0.924. The van der Waals surface area contributed by atoms with Gasteiger partial charge in [0, 0.05) is 24.4 Å². The normalized spacial score (nSPS) is 15.6. The Labute approximate surface area is 145 Å². The number of rotatable bonds is 5. The molecular formula is C15H21N6O2S+. The predicted octanol–water partition coefficient (Wildman–Crippen LogP) is 0.705. The Balaban J connectivity index is 1.58. The van der Waals surface area contributed by atoms with Crippen LogP contribution in [0.3, 0.4) is 0 Å². The van der Waals surface area contributed by atoms with Gasteiger partial charge in [0.2, 0.25) is 4.77 Å². The number of nitrogens with zero attached hydrogens (tertiary/aromatic N) is 5. The molecule has 2 heterocycles. The van der Waals surface area contributed by atoms with Gasteiger partial charge in [0.1, 0.15) is 6.33 Å². The summed E-state index contributed by atoms with van der Waals surface area (Å²) >= 11 is 5.41. The Kier molecular flexibility index (Phi) is 4.91. The third-order valence-corrected chi connectivity index (χ3v) is 4.85. The number of nitro groups is 1. The van der Waals surface area contributed by atoms with Crippen molar-refractivity contribution in [1.82, 2.24) is 14.3 Å². The molecule has 0 saturated carbocycles. The van der Waals surface area contributed by atoms with Gasteiger partial charge >= 0.3 is 0 Å². The summed E-state index contributed by atoms with van der Waals surface area (Å²) in [4.78, 5) is 14.1. The van der Waals surface area contributed by atoms with Crippen molar-refractivity contribution < 1.29 is 9.82 Å². The second kappa shape index (κ2) is 7.10. The van der Waals surface area contributed by atoms with E-state index in [2.05, 4.69) is 16.9 Å². The van der Waals surface area contributed by atoms with E-state index in [0.29, 0.717) is 0 Å². The largest absolute Gasteiger partial charge is 0.360 e. The van der Waals surface area contributed by atoms with Crippen molar-refractivity contribution >= 4 is 23.6 Å². The highest BCUT2D eigenvalue weighted by atomic mass is 32.1. The molecule has 1 aliphatic rings. The first-order valence-electron chi connectivity index (χ1n) is 8.03. The minimum absolute atomic E-state index is 0.129. The Morgan fingerprint density at radius 2 is 1.96 bits per heavy atom. The van der Waals surface area contributed by atoms with Crippen molar-refractivity contribution in [2.24, 2.45) is 0 Å². The number of nitro benzene ring substituents is 1. The number of benzene rings is 1. The van der Waals surface area contributed by atoms with E-state index in [1.54, 1.807) is 18.5 Å². The van der Waals surface area contributed by atoms with Crippen molar-refractivity contribution in [2.75, 3.05) is 31.1 Å². The monoisotopic (exact) mass is 349 g/mol. The van der Waals surface area contributed by atoms with Crippen molar-refractivity contribution in [3.05, 3.63) is 45.5 Å². The highest BCUT2D eigenvalue weighted by molar-refractivity contribution is 7.71. The van der Waals surface area contributed by atoms with E-state index in [-0.39, 0.29) is 10.6 Å². The van der Waals surface area contributed by atoms with Crippen LogP contribution in [0.15, 0.2) is 30.6 Å². The predicted molar refractivity (Wildman–Crippen MR) is 92.7 cm³/mol. The lowest BCUT2D eigenvalue weighted by atomic mass is 10.2. The van der Waals surface area contributed by atoms with E-state index in [9.17, 15) is 10.1 Å². The maximum atomic E-state index is 10.7. The van der Waals surface area contributed by atoms with Crippen molar-refractivity contribution in [3.8, 4) is 0 Å². The summed E-state index contributed by atoms with van der Waals surface area (Å²) in [7, 11) is 0. The Hall–Kier alpha value is -2.26. The molecule has 24 heavy (non-hydrogen) atoms. The molecule has 1 saturated heterocycles. The van der Waals surface area contributed by atoms with Gasteiger partial charge in [-0.05, 0) is 31.3 Å². The van der Waals surface area contributed by atoms with Gasteiger partial charge in [-0.1, -0.05) is 0 Å². The summed E-state index contributed by atoms with van der Waals surface area (Å²) < 4.78 is 4.61. The molecule has 0 spiro atoms. The van der Waals surface area contributed by atoms with E-state index in [0.717, 1.165) is 49.9 Å². The second-order valence-electron chi connectivity index (χ2n) is 5.87. The number of nitrogens with one attached hydrogen (secondary N) is 1. The number of hydrogen-bond donors (Lipinski definition) is 1. The summed E-state index contributed by atoms with van der Waals surface area (Å²) in [6, 6.07) is 6.76. The summed E-state index contributed by atoms with van der Waals surface area (Å²) in [5.41, 5.74) is 1.16. The highest BCUT2D eigenvalue weighted by Crippen LogP contribution is 2.19. The number of quaternary nitrogens is 1. The molecule has 128 valence electrons. The quantitative estimate of drug-likeness (QED) is 0.489. The molecule has 0 amide bonds. The fourth-order valence-electron chi connectivity index (χ4n) is 2.93. The van der Waals surface area contributed by atoms with Gasteiger partial charge in [0.15, 0.2) is 6.67 Å². The number of piperazine rings is 1. The summed E-state index contributed by atoms with van der Waals surface area (Å²) in [5, 5.41) is 15.1. The molecule has 0 atom stereocenters. The molecule has 2 aromatic rings. The van der Waals surface area contributed by atoms with Crippen molar-refractivity contribution in [2.45, 2.75) is 20.1 Å². The summed E-state index contributed by atoms with van der Waals surface area (Å²) in [6.45, 7) is 7.46.